The Balaban J connectivity index is 2.55. The predicted octanol–water partition coefficient (Wildman–Crippen LogP) is 3.18. The number of nitrogens with two attached hydrogens (primary N) is 1. The number of hydrogen-bond donors (Lipinski definition) is 2. The molecule has 0 radical (unpaired) electrons. The van der Waals surface area contributed by atoms with Crippen LogP contribution in [0.3, 0.4) is 0 Å². The molecule has 0 bridgehead atoms. The molecule has 1 rings (SSSR count). The van der Waals surface area contributed by atoms with Crippen molar-refractivity contribution in [3.05, 3.63) is 35.4 Å². The fraction of sp³-hybridized carbons (Fsp3) is 0.588. The van der Waals surface area contributed by atoms with Crippen LogP contribution in [0.5, 0.6) is 0 Å². The number of aryl methyl sites for hydroxylation is 1. The quantitative estimate of drug-likeness (QED) is 0.803. The number of benzene rings is 1. The summed E-state index contributed by atoms with van der Waals surface area (Å²) in [5.41, 5.74) is 8.14. The minimum Gasteiger partial charge on any atom is -0.350 e. The van der Waals surface area contributed by atoms with Gasteiger partial charge in [0, 0.05) is 6.42 Å². The van der Waals surface area contributed by atoms with Gasteiger partial charge >= 0.3 is 0 Å². The standard InChI is InChI=1S/C17H28N2O/c1-12(2)9-15(11-18)10-17(20)19-14(4)16-8-6-5-7-13(16)3/h5-8,12,14-15H,9-11,18H2,1-4H3,(H,19,20)/t14?,15-/m0/s1. The highest BCUT2D eigenvalue weighted by atomic mass is 16.1. The van der Waals surface area contributed by atoms with Gasteiger partial charge in [-0.1, -0.05) is 38.1 Å². The zero-order valence-corrected chi connectivity index (χ0v) is 13.1. The number of amides is 1. The Morgan fingerprint density at radius 3 is 2.45 bits per heavy atom. The Hall–Kier alpha value is -1.35. The molecular formula is C17H28N2O. The largest absolute Gasteiger partial charge is 0.350 e. The summed E-state index contributed by atoms with van der Waals surface area (Å²) >= 11 is 0. The highest BCUT2D eigenvalue weighted by Crippen LogP contribution is 2.18. The van der Waals surface area contributed by atoms with E-state index in [0.29, 0.717) is 18.9 Å². The highest BCUT2D eigenvalue weighted by Gasteiger charge is 2.16. The molecule has 20 heavy (non-hydrogen) atoms. The van der Waals surface area contributed by atoms with E-state index in [1.807, 2.05) is 19.1 Å². The Kier molecular flexibility index (Phi) is 6.73. The van der Waals surface area contributed by atoms with Gasteiger partial charge in [-0.15, -0.1) is 0 Å². The van der Waals surface area contributed by atoms with Gasteiger partial charge < -0.3 is 11.1 Å². The summed E-state index contributed by atoms with van der Waals surface area (Å²) < 4.78 is 0. The van der Waals surface area contributed by atoms with E-state index in [-0.39, 0.29) is 17.9 Å². The molecule has 0 aliphatic carbocycles. The summed E-state index contributed by atoms with van der Waals surface area (Å²) in [5, 5.41) is 3.08. The van der Waals surface area contributed by atoms with E-state index in [0.717, 1.165) is 6.42 Å². The number of nitrogens with one attached hydrogen (secondary N) is 1. The molecule has 1 amide bonds. The van der Waals surface area contributed by atoms with Crippen molar-refractivity contribution in [2.45, 2.75) is 46.6 Å². The summed E-state index contributed by atoms with van der Waals surface area (Å²) in [6.07, 6.45) is 1.52. The molecule has 0 aliphatic heterocycles. The van der Waals surface area contributed by atoms with Crippen LogP contribution in [-0.4, -0.2) is 12.5 Å². The first-order valence-corrected chi connectivity index (χ1v) is 7.49. The smallest absolute Gasteiger partial charge is 0.220 e. The minimum absolute atomic E-state index is 0.0428. The van der Waals surface area contributed by atoms with Gasteiger partial charge in [0.15, 0.2) is 0 Å². The second-order valence-corrected chi connectivity index (χ2v) is 6.08. The van der Waals surface area contributed by atoms with Crippen LogP contribution in [-0.2, 0) is 4.79 Å². The molecule has 0 spiro atoms. The third kappa shape index (κ3) is 5.33. The van der Waals surface area contributed by atoms with Crippen molar-refractivity contribution in [3.63, 3.8) is 0 Å². The van der Waals surface area contributed by atoms with Gasteiger partial charge in [0.1, 0.15) is 0 Å². The average molecular weight is 276 g/mol. The van der Waals surface area contributed by atoms with Crippen LogP contribution in [0.25, 0.3) is 0 Å². The summed E-state index contributed by atoms with van der Waals surface area (Å²) in [5.74, 6) is 0.945. The van der Waals surface area contributed by atoms with Crippen molar-refractivity contribution >= 4 is 5.91 Å². The third-order valence-electron chi connectivity index (χ3n) is 3.64. The van der Waals surface area contributed by atoms with E-state index in [4.69, 9.17) is 5.73 Å². The summed E-state index contributed by atoms with van der Waals surface area (Å²) in [6, 6.07) is 8.20. The van der Waals surface area contributed by atoms with Crippen LogP contribution in [0, 0.1) is 18.8 Å². The monoisotopic (exact) mass is 276 g/mol. The first kappa shape index (κ1) is 16.7. The van der Waals surface area contributed by atoms with Crippen molar-refractivity contribution in [2.24, 2.45) is 17.6 Å². The lowest BCUT2D eigenvalue weighted by Gasteiger charge is -2.20. The topological polar surface area (TPSA) is 55.1 Å². The van der Waals surface area contributed by atoms with Crippen LogP contribution in [0.15, 0.2) is 24.3 Å². The molecule has 0 aromatic heterocycles. The van der Waals surface area contributed by atoms with Crippen LogP contribution in [0.1, 0.15) is 50.8 Å². The SMILES string of the molecule is Cc1ccccc1C(C)NC(=O)C[C@@H](CN)CC(C)C. The molecule has 3 heteroatoms. The van der Waals surface area contributed by atoms with Crippen LogP contribution in [0.2, 0.25) is 0 Å². The minimum atomic E-state index is 0.0428. The predicted molar refractivity (Wildman–Crippen MR) is 84.4 cm³/mol. The molecule has 1 unspecified atom stereocenters. The van der Waals surface area contributed by atoms with Gasteiger partial charge in [-0.3, -0.25) is 4.79 Å². The summed E-state index contributed by atoms with van der Waals surface area (Å²) in [7, 11) is 0. The maximum absolute atomic E-state index is 12.1. The second-order valence-electron chi connectivity index (χ2n) is 6.08. The van der Waals surface area contributed by atoms with Crippen molar-refractivity contribution in [1.82, 2.24) is 5.32 Å². The molecule has 0 heterocycles. The molecule has 0 saturated carbocycles. The van der Waals surface area contributed by atoms with E-state index in [1.165, 1.54) is 11.1 Å². The van der Waals surface area contributed by atoms with E-state index in [1.54, 1.807) is 0 Å². The Morgan fingerprint density at radius 2 is 1.90 bits per heavy atom. The molecule has 2 atom stereocenters. The number of rotatable bonds is 7. The third-order valence-corrected chi connectivity index (χ3v) is 3.64. The van der Waals surface area contributed by atoms with Crippen LogP contribution >= 0.6 is 0 Å². The zero-order valence-electron chi connectivity index (χ0n) is 13.1. The van der Waals surface area contributed by atoms with Gasteiger partial charge in [0.25, 0.3) is 0 Å². The average Bonchev–Trinajstić information content (AvgIpc) is 2.37. The lowest BCUT2D eigenvalue weighted by atomic mass is 9.93. The van der Waals surface area contributed by atoms with E-state index >= 15 is 0 Å². The zero-order chi connectivity index (χ0) is 15.1. The molecular weight excluding hydrogens is 248 g/mol. The molecule has 0 aliphatic rings. The Labute approximate surface area is 122 Å². The normalized spacial score (nSPS) is 14.1. The molecule has 3 N–H and O–H groups in total. The van der Waals surface area contributed by atoms with Gasteiger partial charge in [-0.2, -0.15) is 0 Å². The maximum Gasteiger partial charge on any atom is 0.220 e. The highest BCUT2D eigenvalue weighted by molar-refractivity contribution is 5.76. The fourth-order valence-corrected chi connectivity index (χ4v) is 2.64. The van der Waals surface area contributed by atoms with E-state index in [2.05, 4.69) is 38.2 Å². The molecule has 1 aromatic rings. The van der Waals surface area contributed by atoms with Crippen LogP contribution in [0.4, 0.5) is 0 Å². The summed E-state index contributed by atoms with van der Waals surface area (Å²) in [6.45, 7) is 9.00. The van der Waals surface area contributed by atoms with Gasteiger partial charge in [-0.25, -0.2) is 0 Å². The first-order valence-electron chi connectivity index (χ1n) is 7.49. The van der Waals surface area contributed by atoms with Gasteiger partial charge in [-0.05, 0) is 49.8 Å². The van der Waals surface area contributed by atoms with E-state index < -0.39 is 0 Å². The lowest BCUT2D eigenvalue weighted by Crippen LogP contribution is -2.31. The Morgan fingerprint density at radius 1 is 1.25 bits per heavy atom. The molecule has 0 fully saturated rings. The molecule has 0 saturated heterocycles. The molecule has 112 valence electrons. The molecule has 1 aromatic carbocycles. The summed E-state index contributed by atoms with van der Waals surface area (Å²) in [4.78, 5) is 12.1. The number of hydrogen-bond acceptors (Lipinski definition) is 2. The second kappa shape index (κ2) is 8.05. The fourth-order valence-electron chi connectivity index (χ4n) is 2.64. The lowest BCUT2D eigenvalue weighted by molar-refractivity contribution is -0.122. The first-order chi connectivity index (χ1) is 9.43. The van der Waals surface area contributed by atoms with E-state index in [9.17, 15) is 4.79 Å². The van der Waals surface area contributed by atoms with Crippen molar-refractivity contribution in [1.29, 1.82) is 0 Å². The molecule has 3 nitrogen and oxygen atoms in total. The van der Waals surface area contributed by atoms with Gasteiger partial charge in [0.05, 0.1) is 6.04 Å². The number of carbonyl (C=O) groups excluding carboxylic acids is 1. The van der Waals surface area contributed by atoms with Crippen molar-refractivity contribution < 1.29 is 4.79 Å². The number of carbonyl (C=O) groups is 1. The van der Waals surface area contributed by atoms with Crippen molar-refractivity contribution in [2.75, 3.05) is 6.54 Å². The maximum atomic E-state index is 12.1. The van der Waals surface area contributed by atoms with Crippen LogP contribution < -0.4 is 11.1 Å². The van der Waals surface area contributed by atoms with Gasteiger partial charge in [0.2, 0.25) is 5.91 Å². The van der Waals surface area contributed by atoms with Crippen molar-refractivity contribution in [3.8, 4) is 0 Å². The Bertz CT molecular complexity index is 429.